The molecule has 0 spiro atoms. The average Bonchev–Trinajstić information content (AvgIpc) is 3.22. The van der Waals surface area contributed by atoms with Crippen LogP contribution in [0.25, 0.3) is 6.08 Å². The van der Waals surface area contributed by atoms with E-state index in [1.807, 2.05) is 43.3 Å². The Hall–Kier alpha value is -4.52. The van der Waals surface area contributed by atoms with Gasteiger partial charge in [0.25, 0.3) is 0 Å². The van der Waals surface area contributed by atoms with E-state index in [0.717, 1.165) is 16.7 Å². The van der Waals surface area contributed by atoms with Crippen LogP contribution in [-0.2, 0) is 4.79 Å². The largest absolute Gasteiger partial charge is 0.497 e. The van der Waals surface area contributed by atoms with Crippen LogP contribution in [0.2, 0.25) is 0 Å². The van der Waals surface area contributed by atoms with Crippen molar-refractivity contribution < 1.29 is 33.3 Å². The molecule has 0 saturated heterocycles. The van der Waals surface area contributed by atoms with Gasteiger partial charge in [0, 0.05) is 11.5 Å². The van der Waals surface area contributed by atoms with Gasteiger partial charge < -0.3 is 23.7 Å². The normalized spacial score (nSPS) is 16.9. The van der Waals surface area contributed by atoms with Crippen molar-refractivity contribution in [1.82, 2.24) is 0 Å². The quantitative estimate of drug-likeness (QED) is 0.178. The summed E-state index contributed by atoms with van der Waals surface area (Å²) in [5.41, 5.74) is 3.57. The molecule has 5 rings (SSSR count). The summed E-state index contributed by atoms with van der Waals surface area (Å²) < 4.78 is 28.2. The van der Waals surface area contributed by atoms with Gasteiger partial charge in [-0.3, -0.25) is 9.59 Å². The van der Waals surface area contributed by atoms with Gasteiger partial charge >= 0.3 is 5.97 Å². The molecule has 1 unspecified atom stereocenters. The monoisotopic (exact) mass is 498 g/mol. The van der Waals surface area contributed by atoms with Crippen molar-refractivity contribution in [3.8, 4) is 28.7 Å². The second-order valence-corrected chi connectivity index (χ2v) is 8.95. The highest BCUT2D eigenvalue weighted by Crippen LogP contribution is 2.49. The van der Waals surface area contributed by atoms with Crippen molar-refractivity contribution in [2.45, 2.75) is 19.3 Å². The Kier molecular flexibility index (Phi) is 6.44. The maximum Gasteiger partial charge on any atom is 0.312 e. The SMILES string of the molecule is C=C(C)COc1ccc(C2CC(=O)Oc3ccc4c(c32)OC(=Cc2ccc(OC)cc2)C4=O)cc1OC. The van der Waals surface area contributed by atoms with Gasteiger partial charge in [-0.25, -0.2) is 0 Å². The molecule has 0 aromatic heterocycles. The van der Waals surface area contributed by atoms with Crippen molar-refractivity contribution in [3.05, 3.63) is 94.8 Å². The maximum absolute atomic E-state index is 13.2. The summed E-state index contributed by atoms with van der Waals surface area (Å²) in [7, 11) is 3.16. The molecule has 7 nitrogen and oxygen atoms in total. The average molecular weight is 499 g/mol. The number of carbonyl (C=O) groups excluding carboxylic acids is 2. The zero-order valence-corrected chi connectivity index (χ0v) is 20.8. The third-order valence-electron chi connectivity index (χ3n) is 6.26. The second-order valence-electron chi connectivity index (χ2n) is 8.95. The van der Waals surface area contributed by atoms with Gasteiger partial charge in [0.05, 0.1) is 26.2 Å². The molecule has 2 aliphatic heterocycles. The molecule has 0 fully saturated rings. The Balaban J connectivity index is 1.53. The number of allylic oxidation sites excluding steroid dienone is 1. The third kappa shape index (κ3) is 4.68. The Morgan fingerprint density at radius 1 is 1.00 bits per heavy atom. The number of carbonyl (C=O) groups is 2. The molecule has 0 saturated carbocycles. The fraction of sp³-hybridized carbons (Fsp3) is 0.200. The Bertz CT molecular complexity index is 1430. The number of Topliss-reactive ketones (excluding diaryl/α,β-unsaturated/α-hetero) is 1. The van der Waals surface area contributed by atoms with Crippen LogP contribution < -0.4 is 23.7 Å². The first-order chi connectivity index (χ1) is 17.9. The lowest BCUT2D eigenvalue weighted by molar-refractivity contribution is -0.135. The first-order valence-electron chi connectivity index (χ1n) is 11.8. The Morgan fingerprint density at radius 3 is 2.49 bits per heavy atom. The predicted molar refractivity (Wildman–Crippen MR) is 138 cm³/mol. The van der Waals surface area contributed by atoms with Gasteiger partial charge in [0.1, 0.15) is 23.9 Å². The van der Waals surface area contributed by atoms with Gasteiger partial charge in [-0.2, -0.15) is 0 Å². The van der Waals surface area contributed by atoms with Crippen LogP contribution in [0.1, 0.15) is 46.3 Å². The molecular weight excluding hydrogens is 472 g/mol. The highest BCUT2D eigenvalue weighted by Gasteiger charge is 2.38. The molecular formula is C30H26O7. The lowest BCUT2D eigenvalue weighted by Gasteiger charge is -2.26. The molecule has 0 radical (unpaired) electrons. The molecule has 0 bridgehead atoms. The van der Waals surface area contributed by atoms with Crippen molar-refractivity contribution in [2.24, 2.45) is 0 Å². The van der Waals surface area contributed by atoms with Crippen LogP contribution in [0.3, 0.4) is 0 Å². The summed E-state index contributed by atoms with van der Waals surface area (Å²) in [6.07, 6.45) is 1.78. The molecule has 0 aliphatic carbocycles. The van der Waals surface area contributed by atoms with E-state index >= 15 is 0 Å². The number of fused-ring (bicyclic) bond motifs is 3. The zero-order valence-electron chi connectivity index (χ0n) is 20.8. The smallest absolute Gasteiger partial charge is 0.312 e. The summed E-state index contributed by atoms with van der Waals surface area (Å²) in [5, 5.41) is 0. The number of hydrogen-bond donors (Lipinski definition) is 0. The van der Waals surface area contributed by atoms with E-state index in [4.69, 9.17) is 23.7 Å². The van der Waals surface area contributed by atoms with E-state index in [0.29, 0.717) is 46.5 Å². The first-order valence-corrected chi connectivity index (χ1v) is 11.8. The molecule has 3 aromatic carbocycles. The summed E-state index contributed by atoms with van der Waals surface area (Å²) in [6, 6.07) is 16.1. The topological polar surface area (TPSA) is 80.3 Å². The molecule has 0 N–H and O–H groups in total. The van der Waals surface area contributed by atoms with E-state index < -0.39 is 5.92 Å². The minimum Gasteiger partial charge on any atom is -0.497 e. The number of ether oxygens (including phenoxy) is 5. The molecule has 7 heteroatoms. The highest BCUT2D eigenvalue weighted by molar-refractivity contribution is 6.15. The minimum absolute atomic E-state index is 0.0909. The van der Waals surface area contributed by atoms with Gasteiger partial charge in [0.2, 0.25) is 5.78 Å². The fourth-order valence-electron chi connectivity index (χ4n) is 4.46. The Labute approximate surface area is 214 Å². The van der Waals surface area contributed by atoms with Crippen LogP contribution in [0.15, 0.2) is 72.5 Å². The van der Waals surface area contributed by atoms with E-state index in [2.05, 4.69) is 6.58 Å². The van der Waals surface area contributed by atoms with Gasteiger partial charge in [-0.15, -0.1) is 0 Å². The molecule has 37 heavy (non-hydrogen) atoms. The third-order valence-corrected chi connectivity index (χ3v) is 6.26. The standard InChI is InChI=1S/C30H26O7/c1-17(2)16-35-23-11-7-19(14-25(23)34-4)22-15-27(31)36-24-12-10-21-29(32)26(37-30(21)28(22)24)13-18-5-8-20(33-3)9-6-18/h5-14,22H,1,15-16H2,2-4H3. The van der Waals surface area contributed by atoms with Crippen molar-refractivity contribution in [3.63, 3.8) is 0 Å². The summed E-state index contributed by atoms with van der Waals surface area (Å²) in [4.78, 5) is 25.7. The van der Waals surface area contributed by atoms with Crippen molar-refractivity contribution in [2.75, 3.05) is 20.8 Å². The summed E-state index contributed by atoms with van der Waals surface area (Å²) in [5.74, 6) is 1.80. The molecule has 2 heterocycles. The van der Waals surface area contributed by atoms with E-state index in [1.54, 1.807) is 38.5 Å². The minimum atomic E-state index is -0.400. The summed E-state index contributed by atoms with van der Waals surface area (Å²) in [6.45, 7) is 6.10. The van der Waals surface area contributed by atoms with Crippen LogP contribution in [0, 0.1) is 0 Å². The van der Waals surface area contributed by atoms with Crippen LogP contribution in [0.5, 0.6) is 28.7 Å². The molecule has 3 aromatic rings. The summed E-state index contributed by atoms with van der Waals surface area (Å²) >= 11 is 0. The van der Waals surface area contributed by atoms with E-state index in [9.17, 15) is 9.59 Å². The first kappa shape index (κ1) is 24.2. The van der Waals surface area contributed by atoms with Crippen LogP contribution in [0.4, 0.5) is 0 Å². The Morgan fingerprint density at radius 2 is 1.78 bits per heavy atom. The number of ketones is 1. The molecule has 1 atom stereocenters. The van der Waals surface area contributed by atoms with Crippen LogP contribution in [-0.4, -0.2) is 32.6 Å². The van der Waals surface area contributed by atoms with Crippen molar-refractivity contribution in [1.29, 1.82) is 0 Å². The number of rotatable bonds is 7. The number of benzene rings is 3. The maximum atomic E-state index is 13.2. The number of hydrogen-bond acceptors (Lipinski definition) is 7. The highest BCUT2D eigenvalue weighted by atomic mass is 16.5. The molecule has 188 valence electrons. The molecule has 0 amide bonds. The number of methoxy groups -OCH3 is 2. The van der Waals surface area contributed by atoms with Gasteiger partial charge in [0.15, 0.2) is 17.3 Å². The van der Waals surface area contributed by atoms with Gasteiger partial charge in [-0.05, 0) is 66.1 Å². The lowest BCUT2D eigenvalue weighted by atomic mass is 9.84. The lowest BCUT2D eigenvalue weighted by Crippen LogP contribution is -2.21. The van der Waals surface area contributed by atoms with E-state index in [-0.39, 0.29) is 23.9 Å². The van der Waals surface area contributed by atoms with Crippen LogP contribution >= 0.6 is 0 Å². The van der Waals surface area contributed by atoms with Gasteiger partial charge in [-0.1, -0.05) is 24.8 Å². The number of esters is 1. The van der Waals surface area contributed by atoms with E-state index in [1.165, 1.54) is 0 Å². The van der Waals surface area contributed by atoms with Crippen molar-refractivity contribution >= 4 is 17.8 Å². The fourth-order valence-corrected chi connectivity index (χ4v) is 4.46. The zero-order chi connectivity index (χ0) is 26.1. The molecule has 2 aliphatic rings. The second kappa shape index (κ2) is 9.85. The predicted octanol–water partition coefficient (Wildman–Crippen LogP) is 5.72.